The molecule has 0 spiro atoms. The van der Waals surface area contributed by atoms with E-state index in [0.717, 1.165) is 19.3 Å². The predicted octanol–water partition coefficient (Wildman–Crippen LogP) is 3.69. The molecule has 0 aliphatic rings. The molecule has 0 rings (SSSR count). The zero-order valence-electron chi connectivity index (χ0n) is 14.0. The number of nitrogens with one attached hydrogen (secondary N) is 1. The Morgan fingerprint density at radius 2 is 1.32 bits per heavy atom. The Morgan fingerprint density at radius 3 is 1.77 bits per heavy atom. The van der Waals surface area contributed by atoms with Crippen LogP contribution in [0.15, 0.2) is 0 Å². The Kier molecular flexibility index (Phi) is 13.6. The summed E-state index contributed by atoms with van der Waals surface area (Å²) in [5.74, 6) is -0.559. The average Bonchev–Trinajstić information content (AvgIpc) is 2.43. The van der Waals surface area contributed by atoms with Crippen LogP contribution in [0, 0.1) is 0 Å². The molecule has 0 aliphatic carbocycles. The van der Waals surface area contributed by atoms with Gasteiger partial charge in [0, 0.05) is 13.0 Å². The van der Waals surface area contributed by atoms with Crippen LogP contribution in [0.1, 0.15) is 84.0 Å². The van der Waals surface area contributed by atoms with Crippen LogP contribution in [0.4, 0.5) is 0 Å². The zero-order chi connectivity index (χ0) is 16.7. The minimum absolute atomic E-state index is 0.0182. The quantitative estimate of drug-likeness (QED) is 0.353. The summed E-state index contributed by atoms with van der Waals surface area (Å²) in [6, 6.07) is 0. The summed E-state index contributed by atoms with van der Waals surface area (Å²) in [4.78, 5) is 11.4. The van der Waals surface area contributed by atoms with Crippen molar-refractivity contribution < 1.29 is 17.8 Å². The van der Waals surface area contributed by atoms with Crippen LogP contribution in [0.3, 0.4) is 0 Å². The second-order valence-corrected chi connectivity index (χ2v) is 7.49. The highest BCUT2D eigenvalue weighted by atomic mass is 32.2. The van der Waals surface area contributed by atoms with Gasteiger partial charge in [-0.25, -0.2) is 0 Å². The van der Waals surface area contributed by atoms with Gasteiger partial charge in [-0.15, -0.1) is 0 Å². The normalized spacial score (nSPS) is 11.5. The second kappa shape index (κ2) is 14.0. The van der Waals surface area contributed by atoms with Crippen molar-refractivity contribution in [3.05, 3.63) is 0 Å². The van der Waals surface area contributed by atoms with E-state index in [1.165, 1.54) is 51.4 Å². The third kappa shape index (κ3) is 17.4. The third-order valence-electron chi connectivity index (χ3n) is 3.69. The summed E-state index contributed by atoms with van der Waals surface area (Å²) >= 11 is 0. The summed E-state index contributed by atoms with van der Waals surface area (Å²) in [5, 5.41) is 2.50. The Balaban J connectivity index is 3.23. The molecule has 0 unspecified atom stereocenters. The minimum Gasteiger partial charge on any atom is -0.355 e. The fraction of sp³-hybridized carbons (Fsp3) is 0.938. The highest BCUT2D eigenvalue weighted by Gasteiger charge is 2.06. The van der Waals surface area contributed by atoms with Gasteiger partial charge >= 0.3 is 0 Å². The van der Waals surface area contributed by atoms with Gasteiger partial charge in [0.1, 0.15) is 0 Å². The predicted molar refractivity (Wildman–Crippen MR) is 90.5 cm³/mol. The van der Waals surface area contributed by atoms with E-state index in [9.17, 15) is 13.2 Å². The molecule has 1 amide bonds. The molecular weight excluding hydrogens is 302 g/mol. The molecule has 2 N–H and O–H groups in total. The van der Waals surface area contributed by atoms with Crippen molar-refractivity contribution in [2.45, 2.75) is 84.0 Å². The molecule has 6 heteroatoms. The van der Waals surface area contributed by atoms with Crippen molar-refractivity contribution in [3.8, 4) is 0 Å². The number of carbonyl (C=O) groups is 1. The van der Waals surface area contributed by atoms with Crippen molar-refractivity contribution in [2.75, 3.05) is 12.3 Å². The van der Waals surface area contributed by atoms with Crippen LogP contribution in [0.2, 0.25) is 0 Å². The lowest BCUT2D eigenvalue weighted by Gasteiger charge is -2.04. The SMILES string of the molecule is CCCCCCCCCCCCCC(=O)NCCS(=O)(=O)O. The fourth-order valence-electron chi connectivity index (χ4n) is 2.36. The molecule has 0 fully saturated rings. The molecule has 0 radical (unpaired) electrons. The molecule has 0 aromatic carbocycles. The third-order valence-corrected chi connectivity index (χ3v) is 4.41. The van der Waals surface area contributed by atoms with Crippen molar-refractivity contribution in [3.63, 3.8) is 0 Å². The van der Waals surface area contributed by atoms with Gasteiger partial charge in [-0.3, -0.25) is 9.35 Å². The summed E-state index contributed by atoms with van der Waals surface area (Å²) in [6.45, 7) is 2.21. The van der Waals surface area contributed by atoms with Crippen molar-refractivity contribution in [1.29, 1.82) is 0 Å². The first kappa shape index (κ1) is 21.4. The lowest BCUT2D eigenvalue weighted by molar-refractivity contribution is -0.121. The monoisotopic (exact) mass is 335 g/mol. The summed E-state index contributed by atoms with van der Waals surface area (Å²) in [5.41, 5.74) is 0. The first-order valence-corrected chi connectivity index (χ1v) is 10.3. The van der Waals surface area contributed by atoms with E-state index in [0.29, 0.717) is 6.42 Å². The Labute approximate surface area is 136 Å². The van der Waals surface area contributed by atoms with E-state index < -0.39 is 15.9 Å². The standard InChI is InChI=1S/C16H33NO4S/c1-2-3-4-5-6-7-8-9-10-11-12-13-16(18)17-14-15-22(19,20)21/h2-15H2,1H3,(H,17,18)(H,19,20,21). The highest BCUT2D eigenvalue weighted by molar-refractivity contribution is 7.85. The van der Waals surface area contributed by atoms with E-state index in [4.69, 9.17) is 4.55 Å². The van der Waals surface area contributed by atoms with Gasteiger partial charge in [0.05, 0.1) is 5.75 Å². The smallest absolute Gasteiger partial charge is 0.266 e. The molecule has 5 nitrogen and oxygen atoms in total. The zero-order valence-corrected chi connectivity index (χ0v) is 14.8. The fourth-order valence-corrected chi connectivity index (χ4v) is 2.72. The number of hydrogen-bond acceptors (Lipinski definition) is 3. The molecule has 0 aromatic heterocycles. The Hall–Kier alpha value is -0.620. The van der Waals surface area contributed by atoms with Gasteiger partial charge in [-0.2, -0.15) is 8.42 Å². The molecule has 0 saturated carbocycles. The van der Waals surface area contributed by atoms with Crippen LogP contribution in [-0.2, 0) is 14.9 Å². The lowest BCUT2D eigenvalue weighted by Crippen LogP contribution is -2.28. The van der Waals surface area contributed by atoms with Gasteiger partial charge in [-0.05, 0) is 6.42 Å². The van der Waals surface area contributed by atoms with Crippen molar-refractivity contribution >= 4 is 16.0 Å². The molecule has 0 saturated heterocycles. The molecule has 0 aliphatic heterocycles. The number of hydrogen-bond donors (Lipinski definition) is 2. The summed E-state index contributed by atoms with van der Waals surface area (Å²) in [7, 11) is -3.98. The number of amides is 1. The topological polar surface area (TPSA) is 83.5 Å². The largest absolute Gasteiger partial charge is 0.355 e. The van der Waals surface area contributed by atoms with Gasteiger partial charge in [0.15, 0.2) is 0 Å². The Morgan fingerprint density at radius 1 is 0.864 bits per heavy atom. The number of unbranched alkanes of at least 4 members (excludes halogenated alkanes) is 10. The first-order chi connectivity index (χ1) is 10.5. The minimum atomic E-state index is -3.98. The summed E-state index contributed by atoms with van der Waals surface area (Å²) in [6.07, 6.45) is 14.0. The summed E-state index contributed by atoms with van der Waals surface area (Å²) < 4.78 is 29.5. The first-order valence-electron chi connectivity index (χ1n) is 8.67. The maximum atomic E-state index is 11.4. The van der Waals surface area contributed by atoms with Crippen molar-refractivity contribution in [1.82, 2.24) is 5.32 Å². The van der Waals surface area contributed by atoms with E-state index in [1.54, 1.807) is 0 Å². The van der Waals surface area contributed by atoms with Gasteiger partial charge in [0.2, 0.25) is 5.91 Å². The van der Waals surface area contributed by atoms with Crippen LogP contribution < -0.4 is 5.32 Å². The molecule has 0 atom stereocenters. The molecule has 0 bridgehead atoms. The molecule has 22 heavy (non-hydrogen) atoms. The highest BCUT2D eigenvalue weighted by Crippen LogP contribution is 2.11. The van der Waals surface area contributed by atoms with E-state index in [1.807, 2.05) is 0 Å². The van der Waals surface area contributed by atoms with E-state index in [2.05, 4.69) is 12.2 Å². The molecule has 0 heterocycles. The van der Waals surface area contributed by atoms with Gasteiger partial charge in [-0.1, -0.05) is 71.1 Å². The van der Waals surface area contributed by atoms with Crippen LogP contribution in [0.25, 0.3) is 0 Å². The molecular formula is C16H33NO4S. The second-order valence-electron chi connectivity index (χ2n) is 5.92. The maximum Gasteiger partial charge on any atom is 0.266 e. The van der Waals surface area contributed by atoms with Crippen LogP contribution in [0.5, 0.6) is 0 Å². The van der Waals surface area contributed by atoms with Gasteiger partial charge in [0.25, 0.3) is 10.1 Å². The molecule has 132 valence electrons. The maximum absolute atomic E-state index is 11.4. The van der Waals surface area contributed by atoms with Crippen molar-refractivity contribution in [2.24, 2.45) is 0 Å². The number of carbonyl (C=O) groups excluding carboxylic acids is 1. The molecule has 0 aromatic rings. The van der Waals surface area contributed by atoms with E-state index >= 15 is 0 Å². The lowest BCUT2D eigenvalue weighted by atomic mass is 10.1. The number of rotatable bonds is 15. The van der Waals surface area contributed by atoms with Crippen LogP contribution >= 0.6 is 0 Å². The Bertz CT molecular complexity index is 368. The van der Waals surface area contributed by atoms with Crippen LogP contribution in [-0.4, -0.2) is 31.2 Å². The average molecular weight is 336 g/mol. The van der Waals surface area contributed by atoms with E-state index in [-0.39, 0.29) is 12.5 Å². The van der Waals surface area contributed by atoms with Gasteiger partial charge < -0.3 is 5.32 Å².